The zero-order chi connectivity index (χ0) is 19.9. The van der Waals surface area contributed by atoms with Gasteiger partial charge in [-0.1, -0.05) is 0 Å². The zero-order valence-electron chi connectivity index (χ0n) is 17.1. The molecule has 0 radical (unpaired) electrons. The van der Waals surface area contributed by atoms with E-state index in [2.05, 4.69) is 30.3 Å². The summed E-state index contributed by atoms with van der Waals surface area (Å²) >= 11 is 0. The van der Waals surface area contributed by atoms with Crippen LogP contribution < -0.4 is 14.8 Å². The molecule has 2 aromatic rings. The molecule has 2 heterocycles. The van der Waals surface area contributed by atoms with Crippen LogP contribution in [-0.4, -0.2) is 78.0 Å². The van der Waals surface area contributed by atoms with Gasteiger partial charge in [0.15, 0.2) is 11.8 Å². The Kier molecular flexibility index (Phi) is 6.70. The molecule has 0 amide bonds. The molecule has 0 aliphatic carbocycles. The summed E-state index contributed by atoms with van der Waals surface area (Å²) in [5.41, 5.74) is 1.14. The predicted molar refractivity (Wildman–Crippen MR) is 108 cm³/mol. The van der Waals surface area contributed by atoms with Crippen LogP contribution in [0, 0.1) is 0 Å². The third kappa shape index (κ3) is 4.72. The largest absolute Gasteiger partial charge is 0.497 e. The maximum atomic E-state index is 5.51. The number of aliphatic imine (C=N–C) groups is 1. The van der Waals surface area contributed by atoms with Crippen molar-refractivity contribution in [3.63, 3.8) is 0 Å². The van der Waals surface area contributed by atoms with E-state index in [0.29, 0.717) is 6.54 Å². The number of piperazine rings is 1. The third-order valence-electron chi connectivity index (χ3n) is 4.97. The Morgan fingerprint density at radius 2 is 1.96 bits per heavy atom. The zero-order valence-corrected chi connectivity index (χ0v) is 17.1. The van der Waals surface area contributed by atoms with E-state index in [4.69, 9.17) is 9.47 Å². The molecule has 1 aliphatic heterocycles. The second-order valence-electron chi connectivity index (χ2n) is 6.70. The SMILES string of the molecule is CN=C(NCc1nncn1C)N1CCN(Cc2cc(OC)ccc2OC)CC1. The summed E-state index contributed by atoms with van der Waals surface area (Å²) in [5, 5.41) is 11.4. The molecule has 1 aromatic carbocycles. The van der Waals surface area contributed by atoms with Crippen LogP contribution >= 0.6 is 0 Å². The number of methoxy groups -OCH3 is 2. The van der Waals surface area contributed by atoms with Crippen LogP contribution in [0.3, 0.4) is 0 Å². The number of aryl methyl sites for hydroxylation is 1. The van der Waals surface area contributed by atoms with E-state index in [1.807, 2.05) is 36.9 Å². The van der Waals surface area contributed by atoms with Crippen molar-refractivity contribution in [2.24, 2.45) is 12.0 Å². The Hall–Kier alpha value is -2.81. The van der Waals surface area contributed by atoms with Gasteiger partial charge in [0.25, 0.3) is 0 Å². The van der Waals surface area contributed by atoms with Crippen molar-refractivity contribution in [3.8, 4) is 11.5 Å². The van der Waals surface area contributed by atoms with E-state index in [0.717, 1.165) is 61.6 Å². The van der Waals surface area contributed by atoms with E-state index in [1.54, 1.807) is 20.5 Å². The van der Waals surface area contributed by atoms with Gasteiger partial charge in [0.2, 0.25) is 0 Å². The minimum absolute atomic E-state index is 0.602. The lowest BCUT2D eigenvalue weighted by atomic mass is 10.1. The van der Waals surface area contributed by atoms with E-state index < -0.39 is 0 Å². The number of nitrogens with zero attached hydrogens (tertiary/aromatic N) is 6. The fraction of sp³-hybridized carbons (Fsp3) is 0.526. The number of rotatable bonds is 6. The van der Waals surface area contributed by atoms with E-state index in [9.17, 15) is 0 Å². The molecule has 3 rings (SSSR count). The minimum atomic E-state index is 0.602. The molecule has 0 bridgehead atoms. The summed E-state index contributed by atoms with van der Waals surface area (Å²) in [6, 6.07) is 5.93. The highest BCUT2D eigenvalue weighted by molar-refractivity contribution is 5.79. The fourth-order valence-electron chi connectivity index (χ4n) is 3.32. The van der Waals surface area contributed by atoms with Crippen LogP contribution in [0.25, 0.3) is 0 Å². The summed E-state index contributed by atoms with van der Waals surface area (Å²) in [6.45, 7) is 5.15. The molecule has 9 nitrogen and oxygen atoms in total. The van der Waals surface area contributed by atoms with Crippen molar-refractivity contribution in [2.45, 2.75) is 13.1 Å². The molecule has 1 saturated heterocycles. The van der Waals surface area contributed by atoms with Crippen LogP contribution in [-0.2, 0) is 20.1 Å². The Balaban J connectivity index is 1.54. The first-order valence-electron chi connectivity index (χ1n) is 9.36. The van der Waals surface area contributed by atoms with Gasteiger partial charge in [0.1, 0.15) is 17.8 Å². The highest BCUT2D eigenvalue weighted by atomic mass is 16.5. The lowest BCUT2D eigenvalue weighted by Gasteiger charge is -2.36. The van der Waals surface area contributed by atoms with Gasteiger partial charge < -0.3 is 24.3 Å². The van der Waals surface area contributed by atoms with Crippen LogP contribution in [0.1, 0.15) is 11.4 Å². The smallest absolute Gasteiger partial charge is 0.194 e. The second kappa shape index (κ2) is 9.41. The predicted octanol–water partition coefficient (Wildman–Crippen LogP) is 0.726. The molecule has 0 unspecified atom stereocenters. The number of aromatic nitrogens is 3. The number of hydrogen-bond acceptors (Lipinski definition) is 6. The number of hydrogen-bond donors (Lipinski definition) is 1. The van der Waals surface area contributed by atoms with Crippen LogP contribution in [0.2, 0.25) is 0 Å². The van der Waals surface area contributed by atoms with E-state index >= 15 is 0 Å². The molecule has 152 valence electrons. The van der Waals surface area contributed by atoms with Crippen molar-refractivity contribution in [1.82, 2.24) is 29.9 Å². The standard InChI is InChI=1S/C19H29N7O2/c1-20-19(21-12-18-23-22-14-24(18)2)26-9-7-25(8-10-26)13-15-11-16(27-3)5-6-17(15)28-4/h5-6,11,14H,7-10,12-13H2,1-4H3,(H,20,21). The average molecular weight is 387 g/mol. The van der Waals surface area contributed by atoms with Gasteiger partial charge in [-0.05, 0) is 18.2 Å². The highest BCUT2D eigenvalue weighted by Gasteiger charge is 2.21. The number of guanidine groups is 1. The summed E-state index contributed by atoms with van der Waals surface area (Å²) in [5.74, 6) is 3.51. The minimum Gasteiger partial charge on any atom is -0.497 e. The first kappa shape index (κ1) is 19.9. The summed E-state index contributed by atoms with van der Waals surface area (Å²) < 4.78 is 12.8. The molecule has 1 aliphatic rings. The van der Waals surface area contributed by atoms with Crippen LogP contribution in [0.5, 0.6) is 11.5 Å². The van der Waals surface area contributed by atoms with Crippen molar-refractivity contribution >= 4 is 5.96 Å². The lowest BCUT2D eigenvalue weighted by molar-refractivity contribution is 0.171. The lowest BCUT2D eigenvalue weighted by Crippen LogP contribution is -2.52. The van der Waals surface area contributed by atoms with Crippen LogP contribution in [0.4, 0.5) is 0 Å². The molecule has 9 heteroatoms. The Bertz CT molecular complexity index is 797. The van der Waals surface area contributed by atoms with E-state index in [-0.39, 0.29) is 0 Å². The van der Waals surface area contributed by atoms with Gasteiger partial charge in [-0.2, -0.15) is 0 Å². The van der Waals surface area contributed by atoms with Gasteiger partial charge in [-0.25, -0.2) is 0 Å². The quantitative estimate of drug-likeness (QED) is 0.578. The third-order valence-corrected chi connectivity index (χ3v) is 4.97. The van der Waals surface area contributed by atoms with Crippen molar-refractivity contribution < 1.29 is 9.47 Å². The molecule has 28 heavy (non-hydrogen) atoms. The number of nitrogens with one attached hydrogen (secondary N) is 1. The van der Waals surface area contributed by atoms with Gasteiger partial charge in [0, 0.05) is 52.4 Å². The molecule has 0 atom stereocenters. The molecule has 1 fully saturated rings. The topological polar surface area (TPSA) is 80.0 Å². The Labute approximate surface area is 166 Å². The normalized spacial score (nSPS) is 15.6. The van der Waals surface area contributed by atoms with Crippen molar-refractivity contribution in [1.29, 1.82) is 0 Å². The first-order chi connectivity index (χ1) is 13.6. The Morgan fingerprint density at radius 1 is 1.18 bits per heavy atom. The summed E-state index contributed by atoms with van der Waals surface area (Å²) in [6.07, 6.45) is 1.70. The van der Waals surface area contributed by atoms with Crippen LogP contribution in [0.15, 0.2) is 29.5 Å². The molecule has 1 aromatic heterocycles. The molecule has 0 saturated carbocycles. The van der Waals surface area contributed by atoms with Crippen molar-refractivity contribution in [2.75, 3.05) is 47.4 Å². The maximum absolute atomic E-state index is 5.51. The highest BCUT2D eigenvalue weighted by Crippen LogP contribution is 2.25. The summed E-state index contributed by atoms with van der Waals surface area (Å²) in [4.78, 5) is 9.11. The van der Waals surface area contributed by atoms with Gasteiger partial charge in [-0.3, -0.25) is 9.89 Å². The molecule has 1 N–H and O–H groups in total. The fourth-order valence-corrected chi connectivity index (χ4v) is 3.32. The van der Waals surface area contributed by atoms with Gasteiger partial charge in [-0.15, -0.1) is 10.2 Å². The number of ether oxygens (including phenoxy) is 2. The van der Waals surface area contributed by atoms with Gasteiger partial charge in [0.05, 0.1) is 20.8 Å². The Morgan fingerprint density at radius 3 is 2.57 bits per heavy atom. The van der Waals surface area contributed by atoms with E-state index in [1.165, 1.54) is 0 Å². The monoisotopic (exact) mass is 387 g/mol. The average Bonchev–Trinajstić information content (AvgIpc) is 3.14. The van der Waals surface area contributed by atoms with Gasteiger partial charge >= 0.3 is 0 Å². The van der Waals surface area contributed by atoms with Crippen molar-refractivity contribution in [3.05, 3.63) is 35.9 Å². The molecule has 0 spiro atoms. The number of benzene rings is 1. The second-order valence-corrected chi connectivity index (χ2v) is 6.70. The molecular formula is C19H29N7O2. The molecular weight excluding hydrogens is 358 g/mol. The summed E-state index contributed by atoms with van der Waals surface area (Å²) in [7, 11) is 7.14. The maximum Gasteiger partial charge on any atom is 0.194 e. The first-order valence-corrected chi connectivity index (χ1v) is 9.36.